The molecule has 0 aromatic carbocycles. The van der Waals surface area contributed by atoms with Crippen molar-refractivity contribution < 1.29 is 22.7 Å². The second-order valence-corrected chi connectivity index (χ2v) is 5.57. The lowest BCUT2D eigenvalue weighted by Crippen LogP contribution is -2.33. The third-order valence-electron chi connectivity index (χ3n) is 2.40. The fraction of sp³-hybridized carbons (Fsp3) is 0.889. The van der Waals surface area contributed by atoms with Gasteiger partial charge in [0.25, 0.3) is 0 Å². The van der Waals surface area contributed by atoms with Gasteiger partial charge in [0.15, 0.2) is 0 Å². The van der Waals surface area contributed by atoms with Crippen molar-refractivity contribution in [3.05, 3.63) is 0 Å². The van der Waals surface area contributed by atoms with E-state index in [-0.39, 0.29) is 18.4 Å². The van der Waals surface area contributed by atoms with Crippen molar-refractivity contribution in [1.29, 1.82) is 0 Å². The van der Waals surface area contributed by atoms with Crippen LogP contribution in [0.5, 0.6) is 0 Å². The Kier molecular flexibility index (Phi) is 5.17. The standard InChI is InChI=1S/C9H17NO5S/c1-14-9(11)7-10-16(12,13)6-4-8-3-2-5-15-8/h8,10H,2-7H2,1H3. The van der Waals surface area contributed by atoms with Crippen LogP contribution in [0.4, 0.5) is 0 Å². The molecule has 1 fully saturated rings. The highest BCUT2D eigenvalue weighted by Gasteiger charge is 2.19. The van der Waals surface area contributed by atoms with E-state index >= 15 is 0 Å². The first-order valence-corrected chi connectivity index (χ1v) is 6.84. The van der Waals surface area contributed by atoms with Crippen molar-refractivity contribution in [2.45, 2.75) is 25.4 Å². The smallest absolute Gasteiger partial charge is 0.320 e. The van der Waals surface area contributed by atoms with E-state index in [9.17, 15) is 13.2 Å². The zero-order valence-electron chi connectivity index (χ0n) is 9.27. The zero-order chi connectivity index (χ0) is 12.0. The molecular formula is C9H17NO5S. The van der Waals surface area contributed by atoms with E-state index in [0.717, 1.165) is 12.8 Å². The molecule has 1 unspecified atom stereocenters. The molecule has 0 spiro atoms. The minimum Gasteiger partial charge on any atom is -0.468 e. The molecule has 0 aromatic heterocycles. The van der Waals surface area contributed by atoms with Gasteiger partial charge >= 0.3 is 5.97 Å². The molecule has 0 saturated carbocycles. The van der Waals surface area contributed by atoms with E-state index in [1.54, 1.807) is 0 Å². The third-order valence-corrected chi connectivity index (χ3v) is 3.75. The summed E-state index contributed by atoms with van der Waals surface area (Å²) in [5.74, 6) is -0.616. The number of sulfonamides is 1. The average Bonchev–Trinajstić information content (AvgIpc) is 2.76. The summed E-state index contributed by atoms with van der Waals surface area (Å²) >= 11 is 0. The van der Waals surface area contributed by atoms with Crippen molar-refractivity contribution in [3.63, 3.8) is 0 Å². The number of ether oxygens (including phenoxy) is 2. The zero-order valence-corrected chi connectivity index (χ0v) is 10.1. The molecule has 1 aliphatic rings. The fourth-order valence-electron chi connectivity index (χ4n) is 1.47. The number of hydrogen-bond donors (Lipinski definition) is 1. The van der Waals surface area contributed by atoms with Gasteiger partial charge in [-0.3, -0.25) is 4.79 Å². The summed E-state index contributed by atoms with van der Waals surface area (Å²) in [7, 11) is -2.19. The maximum absolute atomic E-state index is 11.4. The number of esters is 1. The van der Waals surface area contributed by atoms with E-state index in [4.69, 9.17) is 4.74 Å². The minimum atomic E-state index is -3.41. The van der Waals surface area contributed by atoms with Crippen molar-refractivity contribution in [1.82, 2.24) is 4.72 Å². The summed E-state index contributed by atoms with van der Waals surface area (Å²) < 4.78 is 34.7. The molecule has 7 heteroatoms. The van der Waals surface area contributed by atoms with E-state index in [0.29, 0.717) is 13.0 Å². The van der Waals surface area contributed by atoms with Crippen LogP contribution in [0.15, 0.2) is 0 Å². The van der Waals surface area contributed by atoms with Crippen molar-refractivity contribution in [3.8, 4) is 0 Å². The molecule has 1 rings (SSSR count). The maximum atomic E-state index is 11.4. The summed E-state index contributed by atoms with van der Waals surface area (Å²) in [5.41, 5.74) is 0. The topological polar surface area (TPSA) is 81.7 Å². The summed E-state index contributed by atoms with van der Waals surface area (Å²) in [4.78, 5) is 10.7. The lowest BCUT2D eigenvalue weighted by Gasteiger charge is -2.09. The predicted octanol–water partition coefficient (Wildman–Crippen LogP) is -0.352. The number of carbonyl (C=O) groups is 1. The van der Waals surface area contributed by atoms with Crippen LogP contribution in [-0.4, -0.2) is 46.5 Å². The van der Waals surface area contributed by atoms with Crippen LogP contribution in [0, 0.1) is 0 Å². The van der Waals surface area contributed by atoms with Gasteiger partial charge in [0, 0.05) is 6.61 Å². The van der Waals surface area contributed by atoms with Gasteiger partial charge in [-0.05, 0) is 19.3 Å². The average molecular weight is 251 g/mol. The lowest BCUT2D eigenvalue weighted by molar-refractivity contribution is -0.139. The molecule has 1 N–H and O–H groups in total. The normalized spacial score (nSPS) is 20.9. The first kappa shape index (κ1) is 13.4. The van der Waals surface area contributed by atoms with Gasteiger partial charge in [-0.15, -0.1) is 0 Å². The number of nitrogens with one attached hydrogen (secondary N) is 1. The van der Waals surface area contributed by atoms with Gasteiger partial charge in [-0.25, -0.2) is 13.1 Å². The monoisotopic (exact) mass is 251 g/mol. The minimum absolute atomic E-state index is 0.0192. The Bertz CT molecular complexity index is 321. The molecular weight excluding hydrogens is 234 g/mol. The maximum Gasteiger partial charge on any atom is 0.320 e. The third kappa shape index (κ3) is 4.91. The summed E-state index contributed by atoms with van der Waals surface area (Å²) in [5, 5.41) is 0. The summed E-state index contributed by atoms with van der Waals surface area (Å²) in [6.45, 7) is 0.394. The van der Waals surface area contributed by atoms with Crippen molar-refractivity contribution in [2.75, 3.05) is 26.0 Å². The largest absolute Gasteiger partial charge is 0.468 e. The van der Waals surface area contributed by atoms with Crippen LogP contribution in [-0.2, 0) is 24.3 Å². The second kappa shape index (κ2) is 6.17. The Morgan fingerprint density at radius 2 is 2.31 bits per heavy atom. The molecule has 1 heterocycles. The van der Waals surface area contributed by atoms with Crippen LogP contribution < -0.4 is 4.72 Å². The molecule has 0 amide bonds. The molecule has 6 nitrogen and oxygen atoms in total. The van der Waals surface area contributed by atoms with Crippen LogP contribution in [0.3, 0.4) is 0 Å². The Morgan fingerprint density at radius 3 is 2.88 bits per heavy atom. The van der Waals surface area contributed by atoms with Gasteiger partial charge in [0.1, 0.15) is 6.54 Å². The Morgan fingerprint density at radius 1 is 1.56 bits per heavy atom. The van der Waals surface area contributed by atoms with Crippen LogP contribution in [0.25, 0.3) is 0 Å². The molecule has 1 aliphatic heterocycles. The Balaban J connectivity index is 2.25. The highest BCUT2D eigenvalue weighted by atomic mass is 32.2. The van der Waals surface area contributed by atoms with Crippen molar-refractivity contribution in [2.24, 2.45) is 0 Å². The first-order chi connectivity index (χ1) is 7.53. The van der Waals surface area contributed by atoms with Gasteiger partial charge in [0.05, 0.1) is 19.0 Å². The summed E-state index contributed by atoms with van der Waals surface area (Å²) in [6.07, 6.45) is 2.40. The highest BCUT2D eigenvalue weighted by Crippen LogP contribution is 2.15. The van der Waals surface area contributed by atoms with Crippen LogP contribution >= 0.6 is 0 Å². The van der Waals surface area contributed by atoms with Crippen LogP contribution in [0.1, 0.15) is 19.3 Å². The number of carbonyl (C=O) groups excluding carboxylic acids is 1. The van der Waals surface area contributed by atoms with Crippen molar-refractivity contribution >= 4 is 16.0 Å². The lowest BCUT2D eigenvalue weighted by atomic mass is 10.2. The highest BCUT2D eigenvalue weighted by molar-refractivity contribution is 7.89. The molecule has 0 aromatic rings. The molecule has 0 radical (unpaired) electrons. The molecule has 0 aliphatic carbocycles. The molecule has 0 bridgehead atoms. The first-order valence-electron chi connectivity index (χ1n) is 5.19. The number of hydrogen-bond acceptors (Lipinski definition) is 5. The van der Waals surface area contributed by atoms with E-state index in [1.807, 2.05) is 0 Å². The Labute approximate surface area is 95.4 Å². The molecule has 1 saturated heterocycles. The number of methoxy groups -OCH3 is 1. The van der Waals surface area contributed by atoms with Crippen LogP contribution in [0.2, 0.25) is 0 Å². The molecule has 1 atom stereocenters. The predicted molar refractivity (Wildman–Crippen MR) is 57.4 cm³/mol. The Hall–Kier alpha value is -0.660. The van der Waals surface area contributed by atoms with Gasteiger partial charge < -0.3 is 9.47 Å². The SMILES string of the molecule is COC(=O)CNS(=O)(=O)CCC1CCCO1. The second-order valence-electron chi connectivity index (χ2n) is 3.64. The van der Waals surface area contributed by atoms with E-state index < -0.39 is 16.0 Å². The van der Waals surface area contributed by atoms with Gasteiger partial charge in [-0.2, -0.15) is 0 Å². The van der Waals surface area contributed by atoms with Gasteiger partial charge in [-0.1, -0.05) is 0 Å². The van der Waals surface area contributed by atoms with E-state index in [2.05, 4.69) is 9.46 Å². The molecule has 16 heavy (non-hydrogen) atoms. The quantitative estimate of drug-likeness (QED) is 0.652. The number of rotatable bonds is 6. The van der Waals surface area contributed by atoms with E-state index in [1.165, 1.54) is 7.11 Å². The van der Waals surface area contributed by atoms with Gasteiger partial charge in [0.2, 0.25) is 10.0 Å². The fourth-order valence-corrected chi connectivity index (χ4v) is 2.53. The summed E-state index contributed by atoms with van der Waals surface area (Å²) in [6, 6.07) is 0. The molecule has 94 valence electrons.